The Labute approximate surface area is 110 Å². The molecule has 1 aromatic heterocycles. The second kappa shape index (κ2) is 4.51. The van der Waals surface area contributed by atoms with Gasteiger partial charge in [-0.3, -0.25) is 0 Å². The number of thiazole rings is 1. The van der Waals surface area contributed by atoms with E-state index in [1.807, 2.05) is 20.8 Å². The van der Waals surface area contributed by atoms with Crippen molar-refractivity contribution in [3.05, 3.63) is 40.7 Å². The number of aromatic nitrogens is 1. The maximum Gasteiger partial charge on any atom is 0.133 e. The van der Waals surface area contributed by atoms with Crippen molar-refractivity contribution in [3.63, 3.8) is 0 Å². The molecule has 0 aliphatic rings. The van der Waals surface area contributed by atoms with Crippen molar-refractivity contribution in [2.24, 2.45) is 0 Å². The van der Waals surface area contributed by atoms with E-state index in [1.165, 1.54) is 17.4 Å². The molecule has 2 nitrogen and oxygen atoms in total. The highest BCUT2D eigenvalue weighted by molar-refractivity contribution is 7.15. The van der Waals surface area contributed by atoms with Crippen LogP contribution in [0.15, 0.2) is 24.3 Å². The van der Waals surface area contributed by atoms with Crippen molar-refractivity contribution in [1.82, 2.24) is 4.98 Å². The molecule has 0 saturated heterocycles. The van der Waals surface area contributed by atoms with Gasteiger partial charge in [-0.05, 0) is 32.9 Å². The Kier molecular flexibility index (Phi) is 3.18. The highest BCUT2D eigenvalue weighted by Crippen LogP contribution is 2.36. The molecule has 0 bridgehead atoms. The van der Waals surface area contributed by atoms with Crippen molar-refractivity contribution in [2.75, 3.05) is 0 Å². The molecule has 0 radical (unpaired) electrons. The first-order valence-electron chi connectivity index (χ1n) is 5.60. The number of nitriles is 1. The SMILES string of the molecule is Cc1nc(-c2ccccc2F)sc1C(C)(C)C#N. The normalized spacial score (nSPS) is 11.3. The molecule has 0 unspecified atom stereocenters. The zero-order chi connectivity index (χ0) is 13.3. The summed E-state index contributed by atoms with van der Waals surface area (Å²) in [6.07, 6.45) is 0. The van der Waals surface area contributed by atoms with Crippen LogP contribution in [0.3, 0.4) is 0 Å². The van der Waals surface area contributed by atoms with E-state index in [0.29, 0.717) is 10.6 Å². The van der Waals surface area contributed by atoms with Crippen LogP contribution in [0, 0.1) is 24.1 Å². The maximum absolute atomic E-state index is 13.7. The van der Waals surface area contributed by atoms with Gasteiger partial charge in [0.25, 0.3) is 0 Å². The highest BCUT2D eigenvalue weighted by atomic mass is 32.1. The molecule has 4 heteroatoms. The van der Waals surface area contributed by atoms with Crippen molar-refractivity contribution >= 4 is 11.3 Å². The number of rotatable bonds is 2. The molecule has 0 aliphatic heterocycles. The van der Waals surface area contributed by atoms with Crippen molar-refractivity contribution < 1.29 is 4.39 Å². The molecule has 92 valence electrons. The molecule has 0 atom stereocenters. The summed E-state index contributed by atoms with van der Waals surface area (Å²) < 4.78 is 13.7. The minimum Gasteiger partial charge on any atom is -0.241 e. The summed E-state index contributed by atoms with van der Waals surface area (Å²) >= 11 is 1.38. The largest absolute Gasteiger partial charge is 0.241 e. The Morgan fingerprint density at radius 1 is 1.33 bits per heavy atom. The summed E-state index contributed by atoms with van der Waals surface area (Å²) in [5, 5.41) is 9.79. The van der Waals surface area contributed by atoms with E-state index in [1.54, 1.807) is 18.2 Å². The molecule has 1 heterocycles. The van der Waals surface area contributed by atoms with Gasteiger partial charge in [0, 0.05) is 10.4 Å². The molecule has 0 N–H and O–H groups in total. The molecule has 1 aromatic carbocycles. The van der Waals surface area contributed by atoms with Gasteiger partial charge in [0.1, 0.15) is 10.8 Å². The number of hydrogen-bond acceptors (Lipinski definition) is 3. The van der Waals surface area contributed by atoms with Crippen LogP contribution in [-0.4, -0.2) is 4.98 Å². The topological polar surface area (TPSA) is 36.7 Å². The van der Waals surface area contributed by atoms with Crippen LogP contribution in [0.4, 0.5) is 4.39 Å². The average molecular weight is 260 g/mol. The van der Waals surface area contributed by atoms with E-state index in [-0.39, 0.29) is 5.82 Å². The fourth-order valence-electron chi connectivity index (χ4n) is 1.78. The quantitative estimate of drug-likeness (QED) is 0.816. The summed E-state index contributed by atoms with van der Waals surface area (Å²) in [4.78, 5) is 5.28. The molecule has 2 aromatic rings. The smallest absolute Gasteiger partial charge is 0.133 e. The zero-order valence-corrected chi connectivity index (χ0v) is 11.3. The van der Waals surface area contributed by atoms with E-state index < -0.39 is 5.41 Å². The molecular formula is C14H13FN2S. The van der Waals surface area contributed by atoms with E-state index in [2.05, 4.69) is 11.1 Å². The summed E-state index contributed by atoms with van der Waals surface area (Å²) in [7, 11) is 0. The zero-order valence-electron chi connectivity index (χ0n) is 10.5. The van der Waals surface area contributed by atoms with Gasteiger partial charge in [-0.15, -0.1) is 11.3 Å². The molecule has 0 saturated carbocycles. The molecule has 0 fully saturated rings. The lowest BCUT2D eigenvalue weighted by Crippen LogP contribution is -2.13. The van der Waals surface area contributed by atoms with Gasteiger partial charge in [-0.25, -0.2) is 9.37 Å². The minimum atomic E-state index is -0.592. The molecular weight excluding hydrogens is 247 g/mol. The molecule has 0 spiro atoms. The first-order chi connectivity index (χ1) is 8.45. The maximum atomic E-state index is 13.7. The first kappa shape index (κ1) is 12.7. The Morgan fingerprint density at radius 3 is 2.61 bits per heavy atom. The lowest BCUT2D eigenvalue weighted by molar-refractivity contribution is 0.631. The van der Waals surface area contributed by atoms with Gasteiger partial charge in [0.05, 0.1) is 17.2 Å². The Bertz CT molecular complexity index is 623. The van der Waals surface area contributed by atoms with E-state index in [0.717, 1.165) is 10.6 Å². The van der Waals surface area contributed by atoms with Gasteiger partial charge < -0.3 is 0 Å². The number of nitrogens with zero attached hydrogens (tertiary/aromatic N) is 2. The first-order valence-corrected chi connectivity index (χ1v) is 6.41. The lowest BCUT2D eigenvalue weighted by atomic mass is 9.93. The van der Waals surface area contributed by atoms with Crippen LogP contribution in [-0.2, 0) is 5.41 Å². The third kappa shape index (κ3) is 2.14. The van der Waals surface area contributed by atoms with Gasteiger partial charge in [-0.1, -0.05) is 12.1 Å². The molecule has 2 rings (SSSR count). The van der Waals surface area contributed by atoms with Gasteiger partial charge in [0.2, 0.25) is 0 Å². The van der Waals surface area contributed by atoms with Crippen LogP contribution in [0.5, 0.6) is 0 Å². The number of aryl methyl sites for hydroxylation is 1. The van der Waals surface area contributed by atoms with Crippen LogP contribution in [0.2, 0.25) is 0 Å². The van der Waals surface area contributed by atoms with Crippen molar-refractivity contribution in [3.8, 4) is 16.6 Å². The summed E-state index contributed by atoms with van der Waals surface area (Å²) in [6.45, 7) is 5.55. The van der Waals surface area contributed by atoms with E-state index in [9.17, 15) is 4.39 Å². The monoisotopic (exact) mass is 260 g/mol. The third-order valence-corrected chi connectivity index (χ3v) is 4.26. The fourth-order valence-corrected chi connectivity index (χ4v) is 2.92. The molecule has 0 amide bonds. The summed E-state index contributed by atoms with van der Waals surface area (Å²) in [6, 6.07) is 8.81. The number of halogens is 1. The van der Waals surface area contributed by atoms with Gasteiger partial charge in [-0.2, -0.15) is 5.26 Å². The van der Waals surface area contributed by atoms with Crippen LogP contribution in [0.25, 0.3) is 10.6 Å². The van der Waals surface area contributed by atoms with E-state index >= 15 is 0 Å². The molecule has 0 aliphatic carbocycles. The van der Waals surface area contributed by atoms with E-state index in [4.69, 9.17) is 5.26 Å². The predicted molar refractivity (Wildman–Crippen MR) is 70.9 cm³/mol. The van der Waals surface area contributed by atoms with Crippen LogP contribution >= 0.6 is 11.3 Å². The highest BCUT2D eigenvalue weighted by Gasteiger charge is 2.26. The third-order valence-electron chi connectivity index (χ3n) is 2.75. The predicted octanol–water partition coefficient (Wildman–Crippen LogP) is 4.06. The van der Waals surface area contributed by atoms with Crippen molar-refractivity contribution in [2.45, 2.75) is 26.2 Å². The van der Waals surface area contributed by atoms with Gasteiger partial charge >= 0.3 is 0 Å². The lowest BCUT2D eigenvalue weighted by Gasteiger charge is -2.12. The van der Waals surface area contributed by atoms with Gasteiger partial charge in [0.15, 0.2) is 0 Å². The number of hydrogen-bond donors (Lipinski definition) is 0. The Hall–Kier alpha value is -1.73. The second-order valence-corrected chi connectivity index (χ2v) is 5.65. The Balaban J connectivity index is 2.55. The number of benzene rings is 1. The van der Waals surface area contributed by atoms with Crippen LogP contribution in [0.1, 0.15) is 24.4 Å². The average Bonchev–Trinajstić information content (AvgIpc) is 2.72. The second-order valence-electron chi connectivity index (χ2n) is 4.65. The molecule has 18 heavy (non-hydrogen) atoms. The van der Waals surface area contributed by atoms with Crippen LogP contribution < -0.4 is 0 Å². The van der Waals surface area contributed by atoms with Crippen molar-refractivity contribution in [1.29, 1.82) is 5.26 Å². The standard InChI is InChI=1S/C14H13FN2S/c1-9-12(14(2,3)8-16)18-13(17-9)10-6-4-5-7-11(10)15/h4-7H,1-3H3. The summed E-state index contributed by atoms with van der Waals surface area (Å²) in [5.74, 6) is -0.285. The summed E-state index contributed by atoms with van der Waals surface area (Å²) in [5.41, 5.74) is 0.695. The Morgan fingerprint density at radius 2 is 2.00 bits per heavy atom. The fraction of sp³-hybridized carbons (Fsp3) is 0.286. The minimum absolute atomic E-state index is 0.285.